The van der Waals surface area contributed by atoms with Crippen molar-refractivity contribution in [2.75, 3.05) is 39.3 Å². The number of likely N-dealkylation sites (tertiary alicyclic amines) is 1. The van der Waals surface area contributed by atoms with Crippen LogP contribution in [0, 0.1) is 5.92 Å². The molecule has 0 amide bonds. The fourth-order valence-corrected chi connectivity index (χ4v) is 4.24. The molecule has 0 bridgehead atoms. The van der Waals surface area contributed by atoms with E-state index in [0.717, 1.165) is 24.1 Å². The Morgan fingerprint density at radius 2 is 2.07 bits per heavy atom. The number of nitrogens with zero attached hydrogens (tertiary/aromatic N) is 2. The highest BCUT2D eigenvalue weighted by Crippen LogP contribution is 2.27. The lowest BCUT2D eigenvalue weighted by Gasteiger charge is -2.32. The molecular weight excluding hydrogens is 413 g/mol. The third kappa shape index (κ3) is 8.55. The SMILES string of the molecule is CCNC(=NCC(O)c1ccc(Cl)s1)NCCC1CCN(CC(F)(F)F)CC1. The standard InChI is InChI=1S/C18H28ClF3N4OS/c1-2-23-17(25-11-14(27)15-3-4-16(19)28-15)24-8-5-13-6-9-26(10-7-13)12-18(20,21)22/h3-4,13-14,27H,2,5-12H2,1H3,(H2,23,24,25). The zero-order chi connectivity index (χ0) is 20.6. The number of thiophene rings is 1. The van der Waals surface area contributed by atoms with Crippen molar-refractivity contribution in [2.24, 2.45) is 10.9 Å². The van der Waals surface area contributed by atoms with E-state index >= 15 is 0 Å². The van der Waals surface area contributed by atoms with Crippen LogP contribution in [0.3, 0.4) is 0 Å². The largest absolute Gasteiger partial charge is 0.401 e. The van der Waals surface area contributed by atoms with Crippen LogP contribution < -0.4 is 10.6 Å². The molecule has 5 nitrogen and oxygen atoms in total. The number of hydrogen-bond acceptors (Lipinski definition) is 4. The second kappa shape index (κ2) is 11.2. The average molecular weight is 441 g/mol. The number of rotatable bonds is 8. The third-order valence-corrected chi connectivity index (χ3v) is 5.98. The van der Waals surface area contributed by atoms with Crippen LogP contribution in [0.15, 0.2) is 17.1 Å². The Hall–Kier alpha value is -1.03. The summed E-state index contributed by atoms with van der Waals surface area (Å²) in [5.74, 6) is 1.04. The average Bonchev–Trinajstić information content (AvgIpc) is 3.06. The molecule has 1 unspecified atom stereocenters. The summed E-state index contributed by atoms with van der Waals surface area (Å²) in [6.07, 6.45) is -2.38. The van der Waals surface area contributed by atoms with Gasteiger partial charge in [-0.15, -0.1) is 11.3 Å². The van der Waals surface area contributed by atoms with Crippen molar-refractivity contribution in [1.82, 2.24) is 15.5 Å². The van der Waals surface area contributed by atoms with Crippen LogP contribution in [0.1, 0.15) is 37.2 Å². The molecule has 0 aromatic carbocycles. The van der Waals surface area contributed by atoms with Gasteiger partial charge in [0, 0.05) is 18.0 Å². The molecule has 1 fully saturated rings. The number of piperidine rings is 1. The van der Waals surface area contributed by atoms with Gasteiger partial charge in [-0.25, -0.2) is 0 Å². The molecule has 1 aromatic heterocycles. The minimum Gasteiger partial charge on any atom is -0.386 e. The number of guanidine groups is 1. The van der Waals surface area contributed by atoms with Crippen molar-refractivity contribution in [3.8, 4) is 0 Å². The van der Waals surface area contributed by atoms with Crippen LogP contribution in [0.4, 0.5) is 13.2 Å². The van der Waals surface area contributed by atoms with Gasteiger partial charge in [0.15, 0.2) is 5.96 Å². The molecule has 1 saturated heterocycles. The van der Waals surface area contributed by atoms with Gasteiger partial charge < -0.3 is 15.7 Å². The summed E-state index contributed by atoms with van der Waals surface area (Å²) in [4.78, 5) is 6.66. The molecule has 2 rings (SSSR count). The van der Waals surface area contributed by atoms with Gasteiger partial charge >= 0.3 is 6.18 Å². The predicted molar refractivity (Wildman–Crippen MR) is 108 cm³/mol. The Morgan fingerprint density at radius 1 is 1.36 bits per heavy atom. The summed E-state index contributed by atoms with van der Waals surface area (Å²) in [6, 6.07) is 3.54. The molecule has 3 N–H and O–H groups in total. The molecule has 28 heavy (non-hydrogen) atoms. The number of halogens is 4. The van der Waals surface area contributed by atoms with Crippen molar-refractivity contribution < 1.29 is 18.3 Å². The van der Waals surface area contributed by atoms with Gasteiger partial charge in [0.1, 0.15) is 6.10 Å². The quantitative estimate of drug-likeness (QED) is 0.426. The molecular formula is C18H28ClF3N4OS. The highest BCUT2D eigenvalue weighted by molar-refractivity contribution is 7.16. The van der Waals surface area contributed by atoms with Gasteiger partial charge in [-0.05, 0) is 57.3 Å². The fourth-order valence-electron chi connectivity index (χ4n) is 3.20. The Balaban J connectivity index is 1.71. The first-order valence-corrected chi connectivity index (χ1v) is 10.7. The van der Waals surface area contributed by atoms with Crippen LogP contribution in [-0.2, 0) is 0 Å². The predicted octanol–water partition coefficient (Wildman–Crippen LogP) is 3.65. The fraction of sp³-hybridized carbons (Fsp3) is 0.722. The van der Waals surface area contributed by atoms with E-state index in [2.05, 4.69) is 15.6 Å². The summed E-state index contributed by atoms with van der Waals surface area (Å²) in [5, 5.41) is 16.6. The Morgan fingerprint density at radius 3 is 2.64 bits per heavy atom. The van der Waals surface area contributed by atoms with Crippen LogP contribution in [-0.4, -0.2) is 61.4 Å². The molecule has 1 aliphatic heterocycles. The molecule has 0 saturated carbocycles. The highest BCUT2D eigenvalue weighted by atomic mass is 35.5. The van der Waals surface area contributed by atoms with Gasteiger partial charge in [-0.2, -0.15) is 13.2 Å². The van der Waals surface area contributed by atoms with E-state index in [1.807, 2.05) is 6.92 Å². The molecule has 2 heterocycles. The van der Waals surface area contributed by atoms with Gasteiger partial charge in [-0.1, -0.05) is 11.6 Å². The second-order valence-electron chi connectivity index (χ2n) is 6.93. The monoisotopic (exact) mass is 440 g/mol. The van der Waals surface area contributed by atoms with Crippen LogP contribution >= 0.6 is 22.9 Å². The summed E-state index contributed by atoms with van der Waals surface area (Å²) in [6.45, 7) is 3.75. The number of nitrogens with one attached hydrogen (secondary N) is 2. The summed E-state index contributed by atoms with van der Waals surface area (Å²) in [7, 11) is 0. The third-order valence-electron chi connectivity index (χ3n) is 4.64. The first-order valence-electron chi connectivity index (χ1n) is 9.51. The van der Waals surface area contributed by atoms with Gasteiger partial charge in [0.2, 0.25) is 0 Å². The summed E-state index contributed by atoms with van der Waals surface area (Å²) >= 11 is 7.22. The number of alkyl halides is 3. The van der Waals surface area contributed by atoms with E-state index in [-0.39, 0.29) is 6.54 Å². The molecule has 1 aromatic rings. The summed E-state index contributed by atoms with van der Waals surface area (Å²) in [5.41, 5.74) is 0. The second-order valence-corrected chi connectivity index (χ2v) is 8.67. The maximum absolute atomic E-state index is 12.4. The van der Waals surface area contributed by atoms with E-state index < -0.39 is 18.8 Å². The lowest BCUT2D eigenvalue weighted by Crippen LogP contribution is -2.41. The van der Waals surface area contributed by atoms with E-state index in [1.54, 1.807) is 12.1 Å². The minimum absolute atomic E-state index is 0.224. The van der Waals surface area contributed by atoms with E-state index in [0.29, 0.717) is 42.4 Å². The van der Waals surface area contributed by atoms with Crippen LogP contribution in [0.25, 0.3) is 0 Å². The normalized spacial score (nSPS) is 18.3. The minimum atomic E-state index is -4.12. The van der Waals surface area contributed by atoms with E-state index in [9.17, 15) is 18.3 Å². The van der Waals surface area contributed by atoms with Crippen molar-refractivity contribution in [2.45, 2.75) is 38.5 Å². The lowest BCUT2D eigenvalue weighted by atomic mass is 9.93. The molecule has 10 heteroatoms. The van der Waals surface area contributed by atoms with Crippen molar-refractivity contribution in [3.05, 3.63) is 21.3 Å². The number of aliphatic imine (C=N–C) groups is 1. The smallest absolute Gasteiger partial charge is 0.386 e. The molecule has 0 aliphatic carbocycles. The number of hydrogen-bond donors (Lipinski definition) is 3. The summed E-state index contributed by atoms with van der Waals surface area (Å²) < 4.78 is 38.0. The molecule has 160 valence electrons. The number of aliphatic hydroxyl groups excluding tert-OH is 1. The topological polar surface area (TPSA) is 59.9 Å². The van der Waals surface area contributed by atoms with Crippen LogP contribution in [0.2, 0.25) is 4.34 Å². The molecule has 0 spiro atoms. The first kappa shape index (κ1) is 23.3. The van der Waals surface area contributed by atoms with Crippen LogP contribution in [0.5, 0.6) is 0 Å². The zero-order valence-corrected chi connectivity index (χ0v) is 17.5. The Kier molecular flexibility index (Phi) is 9.33. The van der Waals surface area contributed by atoms with Crippen molar-refractivity contribution in [1.29, 1.82) is 0 Å². The molecule has 1 aliphatic rings. The molecule has 1 atom stereocenters. The van der Waals surface area contributed by atoms with Crippen molar-refractivity contribution in [3.63, 3.8) is 0 Å². The maximum Gasteiger partial charge on any atom is 0.401 e. The van der Waals surface area contributed by atoms with Crippen molar-refractivity contribution >= 4 is 28.9 Å². The first-order chi connectivity index (χ1) is 13.3. The zero-order valence-electron chi connectivity index (χ0n) is 15.9. The Bertz CT molecular complexity index is 618. The van der Waals surface area contributed by atoms with Gasteiger partial charge in [-0.3, -0.25) is 9.89 Å². The highest BCUT2D eigenvalue weighted by Gasteiger charge is 2.32. The number of aliphatic hydroxyl groups is 1. The molecule has 0 radical (unpaired) electrons. The lowest BCUT2D eigenvalue weighted by molar-refractivity contribution is -0.148. The van der Waals surface area contributed by atoms with E-state index in [4.69, 9.17) is 11.6 Å². The Labute approximate surface area is 173 Å². The van der Waals surface area contributed by atoms with Gasteiger partial charge in [0.05, 0.1) is 17.4 Å². The van der Waals surface area contributed by atoms with Gasteiger partial charge in [0.25, 0.3) is 0 Å². The van der Waals surface area contributed by atoms with E-state index in [1.165, 1.54) is 16.2 Å². The maximum atomic E-state index is 12.4.